The number of aromatic nitrogens is 1. The zero-order chi connectivity index (χ0) is 16.0. The molecule has 0 radical (unpaired) electrons. The van der Waals surface area contributed by atoms with E-state index in [2.05, 4.69) is 10.4 Å². The summed E-state index contributed by atoms with van der Waals surface area (Å²) >= 11 is 0. The molecule has 3 N–H and O–H groups in total. The number of nitrogens with two attached hydrogens (primary N) is 1. The van der Waals surface area contributed by atoms with Gasteiger partial charge in [0.15, 0.2) is 0 Å². The smallest absolute Gasteiger partial charge is 0.354 e. The summed E-state index contributed by atoms with van der Waals surface area (Å²) in [4.78, 5) is 6.08. The Labute approximate surface area is 123 Å². The normalized spacial score (nSPS) is 13.1. The van der Waals surface area contributed by atoms with Gasteiger partial charge < -0.3 is 10.3 Å². The Hall–Kier alpha value is -1.50. The molecule has 0 aliphatic heterocycles. The average Bonchev–Trinajstić information content (AvgIpc) is 2.46. The van der Waals surface area contributed by atoms with Gasteiger partial charge in [0, 0.05) is 12.6 Å². The second-order valence-electron chi connectivity index (χ2n) is 5.05. The molecule has 0 amide bonds. The number of halogens is 3. The third-order valence-corrected chi connectivity index (χ3v) is 3.46. The third-order valence-electron chi connectivity index (χ3n) is 3.46. The van der Waals surface area contributed by atoms with Crippen molar-refractivity contribution in [1.29, 1.82) is 0 Å². The van der Waals surface area contributed by atoms with Crippen molar-refractivity contribution in [3.63, 3.8) is 0 Å². The van der Waals surface area contributed by atoms with Crippen molar-refractivity contribution in [3.8, 4) is 0 Å². The fourth-order valence-corrected chi connectivity index (χ4v) is 2.01. The van der Waals surface area contributed by atoms with Crippen molar-refractivity contribution < 1.29 is 13.2 Å². The first-order chi connectivity index (χ1) is 9.83. The molecule has 0 spiro atoms. The van der Waals surface area contributed by atoms with Gasteiger partial charge in [-0.2, -0.15) is 13.2 Å². The molecule has 0 saturated carbocycles. The molecule has 0 fully saturated rings. The summed E-state index contributed by atoms with van der Waals surface area (Å²) in [6, 6.07) is 2.11. The van der Waals surface area contributed by atoms with E-state index in [0.717, 1.165) is 31.4 Å². The maximum absolute atomic E-state index is 13.0. The van der Waals surface area contributed by atoms with Gasteiger partial charge in [-0.25, -0.2) is 10.8 Å². The van der Waals surface area contributed by atoms with Crippen molar-refractivity contribution in [1.82, 2.24) is 4.98 Å². The minimum absolute atomic E-state index is 0.0182. The van der Waals surface area contributed by atoms with E-state index in [-0.39, 0.29) is 11.9 Å². The predicted octanol–water partition coefficient (Wildman–Crippen LogP) is 3.79. The fraction of sp³-hybridized carbons (Fsp3) is 0.643. The van der Waals surface area contributed by atoms with Gasteiger partial charge in [-0.15, -0.1) is 0 Å². The van der Waals surface area contributed by atoms with Crippen LogP contribution in [-0.2, 0) is 6.18 Å². The summed E-state index contributed by atoms with van der Waals surface area (Å²) < 4.78 is 38.9. The highest BCUT2D eigenvalue weighted by Crippen LogP contribution is 2.33. The van der Waals surface area contributed by atoms with Crippen LogP contribution in [0.5, 0.6) is 0 Å². The van der Waals surface area contributed by atoms with Crippen LogP contribution in [0.4, 0.5) is 24.8 Å². The van der Waals surface area contributed by atoms with Gasteiger partial charge in [0.1, 0.15) is 11.6 Å². The van der Waals surface area contributed by atoms with Crippen molar-refractivity contribution in [3.05, 3.63) is 17.7 Å². The maximum Gasteiger partial charge on any atom is 0.416 e. The number of alkyl halides is 3. The minimum Gasteiger partial charge on any atom is -0.354 e. The van der Waals surface area contributed by atoms with Crippen LogP contribution < -0.4 is 16.2 Å². The average molecular weight is 304 g/mol. The van der Waals surface area contributed by atoms with Crippen molar-refractivity contribution in [2.75, 3.05) is 16.9 Å². The Morgan fingerprint density at radius 3 is 2.48 bits per heavy atom. The van der Waals surface area contributed by atoms with Crippen LogP contribution in [0, 0.1) is 0 Å². The van der Waals surface area contributed by atoms with Gasteiger partial charge in [0.25, 0.3) is 0 Å². The molecule has 0 saturated heterocycles. The summed E-state index contributed by atoms with van der Waals surface area (Å²) in [6.07, 6.45) is -1.73. The molecule has 1 unspecified atom stereocenters. The molecule has 1 aromatic rings. The van der Waals surface area contributed by atoms with Gasteiger partial charge in [0.05, 0.1) is 5.56 Å². The number of nitrogens with one attached hydrogen (secondary N) is 1. The summed E-state index contributed by atoms with van der Waals surface area (Å²) in [7, 11) is 0. The highest BCUT2D eigenvalue weighted by atomic mass is 19.4. The number of nitrogens with zero attached hydrogens (tertiary/aromatic N) is 2. The quantitative estimate of drug-likeness (QED) is 0.594. The number of hydrazine groups is 1. The number of hydrogen-bond acceptors (Lipinski definition) is 4. The lowest BCUT2D eigenvalue weighted by molar-refractivity contribution is -0.137. The zero-order valence-electron chi connectivity index (χ0n) is 12.7. The fourth-order valence-electron chi connectivity index (χ4n) is 2.01. The van der Waals surface area contributed by atoms with E-state index >= 15 is 0 Å². The van der Waals surface area contributed by atoms with E-state index in [9.17, 15) is 13.2 Å². The van der Waals surface area contributed by atoms with E-state index in [1.165, 1.54) is 0 Å². The molecule has 120 valence electrons. The van der Waals surface area contributed by atoms with E-state index in [1.54, 1.807) is 0 Å². The Morgan fingerprint density at radius 1 is 1.33 bits per heavy atom. The molecular formula is C14H23F3N4. The molecule has 0 aliphatic rings. The van der Waals surface area contributed by atoms with E-state index in [0.29, 0.717) is 12.4 Å². The number of nitrogen functional groups attached to an aromatic ring is 1. The van der Waals surface area contributed by atoms with Gasteiger partial charge >= 0.3 is 6.18 Å². The molecule has 0 bridgehead atoms. The van der Waals surface area contributed by atoms with E-state index in [1.807, 2.05) is 25.7 Å². The molecule has 21 heavy (non-hydrogen) atoms. The van der Waals surface area contributed by atoms with Crippen LogP contribution in [0.3, 0.4) is 0 Å². The van der Waals surface area contributed by atoms with Crippen LogP contribution in [0.15, 0.2) is 12.1 Å². The summed E-state index contributed by atoms with van der Waals surface area (Å²) in [5.41, 5.74) is 1.46. The van der Waals surface area contributed by atoms with Crippen LogP contribution in [0.1, 0.15) is 45.6 Å². The highest BCUT2D eigenvalue weighted by Gasteiger charge is 2.32. The Balaban J connectivity index is 3.22. The van der Waals surface area contributed by atoms with Crippen LogP contribution in [-0.4, -0.2) is 17.6 Å². The number of rotatable bonds is 7. The van der Waals surface area contributed by atoms with Crippen LogP contribution in [0.25, 0.3) is 0 Å². The molecule has 7 heteroatoms. The predicted molar refractivity (Wildman–Crippen MR) is 79.1 cm³/mol. The number of hydrogen-bond donors (Lipinski definition) is 2. The zero-order valence-corrected chi connectivity index (χ0v) is 12.7. The van der Waals surface area contributed by atoms with Gasteiger partial charge in [-0.3, -0.25) is 0 Å². The molecule has 4 nitrogen and oxygen atoms in total. The van der Waals surface area contributed by atoms with Crippen molar-refractivity contribution in [2.45, 2.75) is 52.3 Å². The molecule has 1 heterocycles. The van der Waals surface area contributed by atoms with E-state index in [4.69, 9.17) is 5.84 Å². The SMILES string of the molecule is CCCCN(c1cc(C(F)(F)F)cc(NN)n1)C(C)CC. The lowest BCUT2D eigenvalue weighted by atomic mass is 10.1. The molecule has 1 rings (SSSR count). The Kier molecular flexibility index (Phi) is 6.26. The largest absolute Gasteiger partial charge is 0.416 e. The molecule has 1 aromatic heterocycles. The summed E-state index contributed by atoms with van der Waals surface area (Å²) in [6.45, 7) is 6.69. The minimum atomic E-state index is -4.42. The third kappa shape index (κ3) is 4.77. The lowest BCUT2D eigenvalue weighted by Gasteiger charge is -2.30. The molecule has 0 aliphatic carbocycles. The first-order valence-electron chi connectivity index (χ1n) is 7.16. The monoisotopic (exact) mass is 304 g/mol. The highest BCUT2D eigenvalue weighted by molar-refractivity contribution is 5.51. The second kappa shape index (κ2) is 7.49. The maximum atomic E-state index is 13.0. The molecular weight excluding hydrogens is 281 g/mol. The number of unbranched alkanes of at least 4 members (excludes halogenated alkanes) is 1. The molecule has 0 aromatic carbocycles. The van der Waals surface area contributed by atoms with Gasteiger partial charge in [-0.05, 0) is 31.9 Å². The van der Waals surface area contributed by atoms with Crippen molar-refractivity contribution >= 4 is 11.6 Å². The van der Waals surface area contributed by atoms with Crippen LogP contribution in [0.2, 0.25) is 0 Å². The lowest BCUT2D eigenvalue weighted by Crippen LogP contribution is -2.34. The first-order valence-corrected chi connectivity index (χ1v) is 7.16. The Morgan fingerprint density at radius 2 is 2.00 bits per heavy atom. The van der Waals surface area contributed by atoms with Gasteiger partial charge in [-0.1, -0.05) is 20.3 Å². The summed E-state index contributed by atoms with van der Waals surface area (Å²) in [5.74, 6) is 5.57. The number of pyridine rings is 1. The standard InChI is InChI=1S/C14H23F3N4/c1-4-6-7-21(10(3)5-2)13-9-11(14(15,16)17)8-12(19-13)20-18/h8-10H,4-7,18H2,1-3H3,(H,19,20). The summed E-state index contributed by atoms with van der Waals surface area (Å²) in [5, 5.41) is 0. The second-order valence-corrected chi connectivity index (χ2v) is 5.05. The van der Waals surface area contributed by atoms with Crippen molar-refractivity contribution in [2.24, 2.45) is 5.84 Å². The van der Waals surface area contributed by atoms with Gasteiger partial charge in [0.2, 0.25) is 0 Å². The topological polar surface area (TPSA) is 54.2 Å². The first kappa shape index (κ1) is 17.6. The van der Waals surface area contributed by atoms with Crippen LogP contribution >= 0.6 is 0 Å². The van der Waals surface area contributed by atoms with E-state index < -0.39 is 11.7 Å². The molecule has 1 atom stereocenters. The number of anilines is 2. The Bertz CT molecular complexity index is 448.